The lowest BCUT2D eigenvalue weighted by molar-refractivity contribution is 0.0345. The molecule has 30 heavy (non-hydrogen) atoms. The Labute approximate surface area is 186 Å². The smallest absolute Gasteiger partial charge is 0.251 e. The average molecular weight is 495 g/mol. The molecular formula is C22H27BrN2O4S. The maximum atomic E-state index is 13.0. The normalized spacial score (nSPS) is 16.8. The van der Waals surface area contributed by atoms with E-state index in [0.717, 1.165) is 10.0 Å². The van der Waals surface area contributed by atoms with Crippen LogP contribution >= 0.6 is 15.9 Å². The minimum atomic E-state index is -3.65. The van der Waals surface area contributed by atoms with E-state index in [0.29, 0.717) is 31.6 Å². The first-order valence-electron chi connectivity index (χ1n) is 9.81. The van der Waals surface area contributed by atoms with Gasteiger partial charge in [-0.15, -0.1) is 0 Å². The molecule has 0 saturated carbocycles. The summed E-state index contributed by atoms with van der Waals surface area (Å²) < 4.78 is 34.0. The van der Waals surface area contributed by atoms with Gasteiger partial charge in [0.25, 0.3) is 5.91 Å². The van der Waals surface area contributed by atoms with Crippen molar-refractivity contribution in [1.29, 1.82) is 0 Å². The van der Waals surface area contributed by atoms with Crippen LogP contribution in [0, 0.1) is 0 Å². The van der Waals surface area contributed by atoms with E-state index in [1.54, 1.807) is 32.9 Å². The third-order valence-corrected chi connectivity index (χ3v) is 7.21. The number of ether oxygens (including phenoxy) is 1. The van der Waals surface area contributed by atoms with Crippen molar-refractivity contribution in [2.45, 2.75) is 49.6 Å². The zero-order valence-electron chi connectivity index (χ0n) is 17.4. The maximum Gasteiger partial charge on any atom is 0.251 e. The SMILES string of the molecule is CC(C)(C)NS(=O)(=O)c1ccc(C(=O)NC2(c3cccc(Br)c3)CCOCC2)cc1. The van der Waals surface area contributed by atoms with Gasteiger partial charge >= 0.3 is 0 Å². The third kappa shape index (κ3) is 5.49. The lowest BCUT2D eigenvalue weighted by Gasteiger charge is -2.38. The first-order valence-corrected chi connectivity index (χ1v) is 12.1. The van der Waals surface area contributed by atoms with Crippen molar-refractivity contribution in [1.82, 2.24) is 10.0 Å². The fraction of sp³-hybridized carbons (Fsp3) is 0.409. The fourth-order valence-electron chi connectivity index (χ4n) is 3.53. The predicted octanol–water partition coefficient (Wildman–Crippen LogP) is 3.96. The first kappa shape index (κ1) is 22.9. The van der Waals surface area contributed by atoms with Crippen molar-refractivity contribution < 1.29 is 17.9 Å². The molecule has 162 valence electrons. The van der Waals surface area contributed by atoms with Crippen LogP contribution in [0.5, 0.6) is 0 Å². The molecule has 0 radical (unpaired) electrons. The summed E-state index contributed by atoms with van der Waals surface area (Å²) in [5, 5.41) is 3.18. The highest BCUT2D eigenvalue weighted by atomic mass is 79.9. The summed E-state index contributed by atoms with van der Waals surface area (Å²) >= 11 is 3.50. The molecule has 1 amide bonds. The van der Waals surface area contributed by atoms with Gasteiger partial charge < -0.3 is 10.1 Å². The van der Waals surface area contributed by atoms with Crippen LogP contribution in [0.3, 0.4) is 0 Å². The summed E-state index contributed by atoms with van der Waals surface area (Å²) in [6.07, 6.45) is 1.33. The van der Waals surface area contributed by atoms with Crippen LogP contribution in [0.15, 0.2) is 57.9 Å². The summed E-state index contributed by atoms with van der Waals surface area (Å²) in [5.41, 5.74) is 0.305. The van der Waals surface area contributed by atoms with Crippen LogP contribution in [0.25, 0.3) is 0 Å². The van der Waals surface area contributed by atoms with Crippen molar-refractivity contribution in [2.24, 2.45) is 0 Å². The van der Waals surface area contributed by atoms with Gasteiger partial charge in [-0.2, -0.15) is 0 Å². The summed E-state index contributed by atoms with van der Waals surface area (Å²) in [5.74, 6) is -0.246. The number of carbonyl (C=O) groups excluding carboxylic acids is 1. The minimum Gasteiger partial charge on any atom is -0.381 e. The Hall–Kier alpha value is -1.74. The van der Waals surface area contributed by atoms with Gasteiger partial charge in [0.15, 0.2) is 0 Å². The summed E-state index contributed by atoms with van der Waals surface area (Å²) in [7, 11) is -3.65. The van der Waals surface area contributed by atoms with Crippen molar-refractivity contribution >= 4 is 31.9 Å². The second kappa shape index (κ2) is 8.78. The molecule has 0 bridgehead atoms. The van der Waals surface area contributed by atoms with Crippen molar-refractivity contribution in [2.75, 3.05) is 13.2 Å². The van der Waals surface area contributed by atoms with Gasteiger partial charge in [0, 0.05) is 28.8 Å². The van der Waals surface area contributed by atoms with Crippen LogP contribution in [-0.2, 0) is 20.3 Å². The lowest BCUT2D eigenvalue weighted by atomic mass is 9.82. The van der Waals surface area contributed by atoms with Crippen LogP contribution in [-0.4, -0.2) is 33.1 Å². The highest BCUT2D eigenvalue weighted by Gasteiger charge is 2.36. The molecule has 2 aromatic carbocycles. The number of carbonyl (C=O) groups is 1. The first-order chi connectivity index (χ1) is 14.0. The summed E-state index contributed by atoms with van der Waals surface area (Å²) in [6, 6.07) is 13.9. The second-order valence-electron chi connectivity index (χ2n) is 8.54. The van der Waals surface area contributed by atoms with E-state index in [1.807, 2.05) is 24.3 Å². The highest BCUT2D eigenvalue weighted by molar-refractivity contribution is 9.10. The molecule has 0 atom stereocenters. The summed E-state index contributed by atoms with van der Waals surface area (Å²) in [6.45, 7) is 6.45. The Balaban J connectivity index is 1.83. The largest absolute Gasteiger partial charge is 0.381 e. The molecule has 0 spiro atoms. The van der Waals surface area contributed by atoms with Gasteiger partial charge in [0.2, 0.25) is 10.0 Å². The van der Waals surface area contributed by atoms with Crippen LogP contribution < -0.4 is 10.0 Å². The lowest BCUT2D eigenvalue weighted by Crippen LogP contribution is -2.49. The molecule has 8 heteroatoms. The predicted molar refractivity (Wildman–Crippen MR) is 120 cm³/mol. The molecule has 0 unspecified atom stereocenters. The van der Waals surface area contributed by atoms with E-state index in [-0.39, 0.29) is 10.8 Å². The molecule has 0 aromatic heterocycles. The Morgan fingerprint density at radius 3 is 2.27 bits per heavy atom. The van der Waals surface area contributed by atoms with Gasteiger partial charge in [-0.3, -0.25) is 4.79 Å². The Bertz CT molecular complexity index is 1010. The summed E-state index contributed by atoms with van der Waals surface area (Å²) in [4.78, 5) is 13.2. The topological polar surface area (TPSA) is 84.5 Å². The molecule has 2 aromatic rings. The zero-order valence-corrected chi connectivity index (χ0v) is 19.8. The Kier molecular flexibility index (Phi) is 6.72. The van der Waals surface area contributed by atoms with Crippen LogP contribution in [0.1, 0.15) is 49.5 Å². The minimum absolute atomic E-state index is 0.127. The molecule has 2 N–H and O–H groups in total. The molecule has 1 heterocycles. The van der Waals surface area contributed by atoms with Gasteiger partial charge in [-0.25, -0.2) is 13.1 Å². The highest BCUT2D eigenvalue weighted by Crippen LogP contribution is 2.34. The molecule has 1 aliphatic rings. The molecule has 1 aliphatic heterocycles. The van der Waals surface area contributed by atoms with Crippen molar-refractivity contribution in [3.05, 3.63) is 64.1 Å². The van der Waals surface area contributed by atoms with Gasteiger partial charge in [-0.05, 0) is 75.6 Å². The molecule has 1 fully saturated rings. The van der Waals surface area contributed by atoms with Crippen molar-refractivity contribution in [3.8, 4) is 0 Å². The standard InChI is InChI=1S/C22H27BrN2O4S/c1-21(2,3)25-30(27,28)19-9-7-16(8-10-19)20(26)24-22(11-13-29-14-12-22)17-5-4-6-18(23)15-17/h4-10,15,25H,11-14H2,1-3H3,(H,24,26). The second-order valence-corrected chi connectivity index (χ2v) is 11.1. The van der Waals surface area contributed by atoms with E-state index in [2.05, 4.69) is 26.0 Å². The number of rotatable bonds is 5. The van der Waals surface area contributed by atoms with Crippen molar-refractivity contribution in [3.63, 3.8) is 0 Å². The molecule has 0 aliphatic carbocycles. The monoisotopic (exact) mass is 494 g/mol. The fourth-order valence-corrected chi connectivity index (χ4v) is 5.35. The number of nitrogens with one attached hydrogen (secondary N) is 2. The maximum absolute atomic E-state index is 13.0. The molecular weight excluding hydrogens is 468 g/mol. The van der Waals surface area contributed by atoms with E-state index in [9.17, 15) is 13.2 Å². The number of hydrogen-bond donors (Lipinski definition) is 2. The quantitative estimate of drug-likeness (QED) is 0.658. The van der Waals surface area contributed by atoms with Gasteiger partial charge in [-0.1, -0.05) is 28.1 Å². The number of halogens is 1. The number of benzene rings is 2. The van der Waals surface area contributed by atoms with E-state index < -0.39 is 21.1 Å². The molecule has 1 saturated heterocycles. The number of amides is 1. The van der Waals surface area contributed by atoms with Gasteiger partial charge in [0.05, 0.1) is 10.4 Å². The van der Waals surface area contributed by atoms with E-state index in [1.165, 1.54) is 12.1 Å². The van der Waals surface area contributed by atoms with Crippen LogP contribution in [0.4, 0.5) is 0 Å². The van der Waals surface area contributed by atoms with Gasteiger partial charge in [0.1, 0.15) is 0 Å². The third-order valence-electron chi connectivity index (χ3n) is 4.94. The van der Waals surface area contributed by atoms with Crippen LogP contribution in [0.2, 0.25) is 0 Å². The number of sulfonamides is 1. The van der Waals surface area contributed by atoms with E-state index >= 15 is 0 Å². The Morgan fingerprint density at radius 1 is 1.07 bits per heavy atom. The van der Waals surface area contributed by atoms with E-state index in [4.69, 9.17) is 4.74 Å². The molecule has 3 rings (SSSR count). The Morgan fingerprint density at radius 2 is 1.70 bits per heavy atom. The number of hydrogen-bond acceptors (Lipinski definition) is 4. The zero-order chi connectivity index (χ0) is 22.0. The molecule has 6 nitrogen and oxygen atoms in total. The average Bonchev–Trinajstić information content (AvgIpc) is 2.67.